The van der Waals surface area contributed by atoms with E-state index in [1.54, 1.807) is 13.8 Å². The fourth-order valence-electron chi connectivity index (χ4n) is 2.73. The van der Waals surface area contributed by atoms with E-state index in [0.29, 0.717) is 0 Å². The van der Waals surface area contributed by atoms with E-state index in [2.05, 4.69) is 10.6 Å². The molecule has 1 atom stereocenters. The third-order valence-corrected chi connectivity index (χ3v) is 4.14. The molecule has 7 heteroatoms. The lowest BCUT2D eigenvalue weighted by atomic mass is 9.99. The standard InChI is InChI=1S/C21H25N3O4/c1-14(2)18(24-21(22)27)20(26)28-13-17(25)23-19(15-9-5-3-6-10-15)16-11-7-4-8-12-16/h3-12,14,18-19H,13H2,1-2H3,(H,23,25)(H3,22,24,27)/t18-/m1/s1. The smallest absolute Gasteiger partial charge is 0.329 e. The van der Waals surface area contributed by atoms with Crippen molar-refractivity contribution < 1.29 is 19.1 Å². The van der Waals surface area contributed by atoms with Gasteiger partial charge in [-0.1, -0.05) is 74.5 Å². The maximum absolute atomic E-state index is 12.4. The Kier molecular flexibility index (Phi) is 7.56. The van der Waals surface area contributed by atoms with Gasteiger partial charge in [0.1, 0.15) is 6.04 Å². The van der Waals surface area contributed by atoms with Crippen molar-refractivity contribution in [2.24, 2.45) is 11.7 Å². The van der Waals surface area contributed by atoms with E-state index in [-0.39, 0.29) is 12.0 Å². The number of rotatable bonds is 8. The van der Waals surface area contributed by atoms with Crippen LogP contribution in [-0.2, 0) is 14.3 Å². The van der Waals surface area contributed by atoms with Crippen molar-refractivity contribution >= 4 is 17.9 Å². The average molecular weight is 383 g/mol. The Balaban J connectivity index is 2.04. The van der Waals surface area contributed by atoms with E-state index in [1.165, 1.54) is 0 Å². The maximum atomic E-state index is 12.4. The first-order valence-electron chi connectivity index (χ1n) is 9.00. The van der Waals surface area contributed by atoms with Crippen molar-refractivity contribution in [1.29, 1.82) is 0 Å². The molecule has 0 aliphatic rings. The summed E-state index contributed by atoms with van der Waals surface area (Å²) in [6, 6.07) is 16.9. The summed E-state index contributed by atoms with van der Waals surface area (Å²) in [4.78, 5) is 35.6. The molecule has 0 fully saturated rings. The summed E-state index contributed by atoms with van der Waals surface area (Å²) >= 11 is 0. The summed E-state index contributed by atoms with van der Waals surface area (Å²) in [7, 11) is 0. The highest BCUT2D eigenvalue weighted by Gasteiger charge is 2.26. The van der Waals surface area contributed by atoms with Gasteiger partial charge in [-0.25, -0.2) is 9.59 Å². The normalized spacial score (nSPS) is 11.7. The zero-order chi connectivity index (χ0) is 20.5. The molecule has 2 aromatic carbocycles. The molecule has 3 amide bonds. The predicted molar refractivity (Wildman–Crippen MR) is 105 cm³/mol. The van der Waals surface area contributed by atoms with Crippen LogP contribution < -0.4 is 16.4 Å². The molecule has 0 bridgehead atoms. The van der Waals surface area contributed by atoms with Crippen LogP contribution >= 0.6 is 0 Å². The summed E-state index contributed by atoms with van der Waals surface area (Å²) < 4.78 is 5.08. The lowest BCUT2D eigenvalue weighted by molar-refractivity contribution is -0.151. The first kappa shape index (κ1) is 21.0. The average Bonchev–Trinajstić information content (AvgIpc) is 2.69. The molecule has 0 saturated heterocycles. The summed E-state index contributed by atoms with van der Waals surface area (Å²) in [5, 5.41) is 5.21. The van der Waals surface area contributed by atoms with Gasteiger partial charge >= 0.3 is 12.0 Å². The van der Waals surface area contributed by atoms with E-state index in [1.807, 2.05) is 60.7 Å². The number of benzene rings is 2. The van der Waals surface area contributed by atoms with Crippen LogP contribution in [-0.4, -0.2) is 30.6 Å². The molecular weight excluding hydrogens is 358 g/mol. The van der Waals surface area contributed by atoms with Gasteiger partial charge in [0.15, 0.2) is 6.61 Å². The number of carbonyl (C=O) groups excluding carboxylic acids is 3. The molecule has 0 aliphatic carbocycles. The Morgan fingerprint density at radius 2 is 1.39 bits per heavy atom. The van der Waals surface area contributed by atoms with Gasteiger partial charge in [-0.05, 0) is 17.0 Å². The third-order valence-electron chi connectivity index (χ3n) is 4.14. The molecular formula is C21H25N3O4. The molecule has 2 rings (SSSR count). The van der Waals surface area contributed by atoms with E-state index in [9.17, 15) is 14.4 Å². The molecule has 148 valence electrons. The van der Waals surface area contributed by atoms with Crippen LogP contribution in [0.4, 0.5) is 4.79 Å². The molecule has 0 radical (unpaired) electrons. The maximum Gasteiger partial charge on any atom is 0.329 e. The lowest BCUT2D eigenvalue weighted by Gasteiger charge is -2.21. The van der Waals surface area contributed by atoms with Gasteiger partial charge in [0.25, 0.3) is 5.91 Å². The molecule has 0 unspecified atom stereocenters. The van der Waals surface area contributed by atoms with E-state index < -0.39 is 30.6 Å². The number of ether oxygens (including phenoxy) is 1. The zero-order valence-electron chi connectivity index (χ0n) is 15.9. The van der Waals surface area contributed by atoms with Crippen LogP contribution in [0, 0.1) is 5.92 Å². The summed E-state index contributed by atoms with van der Waals surface area (Å²) in [6.45, 7) is 3.02. The van der Waals surface area contributed by atoms with Crippen LogP contribution in [0.3, 0.4) is 0 Å². The molecule has 7 nitrogen and oxygen atoms in total. The number of hydrogen-bond donors (Lipinski definition) is 3. The third kappa shape index (κ3) is 6.12. The minimum absolute atomic E-state index is 0.232. The van der Waals surface area contributed by atoms with Crippen molar-refractivity contribution in [1.82, 2.24) is 10.6 Å². The van der Waals surface area contributed by atoms with Gasteiger partial charge in [0.05, 0.1) is 6.04 Å². The Bertz CT molecular complexity index is 754. The highest BCUT2D eigenvalue weighted by molar-refractivity contribution is 5.85. The molecule has 28 heavy (non-hydrogen) atoms. The minimum atomic E-state index is -0.913. The number of nitrogens with one attached hydrogen (secondary N) is 2. The van der Waals surface area contributed by atoms with Crippen molar-refractivity contribution in [3.05, 3.63) is 71.8 Å². The summed E-state index contributed by atoms with van der Waals surface area (Å²) in [5.41, 5.74) is 6.90. The van der Waals surface area contributed by atoms with Crippen LogP contribution in [0.1, 0.15) is 31.0 Å². The van der Waals surface area contributed by atoms with Gasteiger partial charge in [-0.15, -0.1) is 0 Å². The minimum Gasteiger partial charge on any atom is -0.454 e. The Hall–Kier alpha value is -3.35. The molecule has 2 aromatic rings. The van der Waals surface area contributed by atoms with E-state index in [4.69, 9.17) is 10.5 Å². The topological polar surface area (TPSA) is 111 Å². The van der Waals surface area contributed by atoms with Gasteiger partial charge in [0.2, 0.25) is 0 Å². The molecule has 0 saturated carbocycles. The quantitative estimate of drug-likeness (QED) is 0.607. The number of amides is 3. The van der Waals surface area contributed by atoms with Crippen molar-refractivity contribution in [2.45, 2.75) is 25.9 Å². The first-order valence-corrected chi connectivity index (χ1v) is 9.00. The van der Waals surface area contributed by atoms with Crippen molar-refractivity contribution in [3.8, 4) is 0 Å². The van der Waals surface area contributed by atoms with Gasteiger partial charge in [-0.2, -0.15) is 0 Å². The zero-order valence-corrected chi connectivity index (χ0v) is 15.9. The number of hydrogen-bond acceptors (Lipinski definition) is 4. The SMILES string of the molecule is CC(C)[C@@H](NC(N)=O)C(=O)OCC(=O)NC(c1ccccc1)c1ccccc1. The van der Waals surface area contributed by atoms with Crippen LogP contribution in [0.15, 0.2) is 60.7 Å². The lowest BCUT2D eigenvalue weighted by Crippen LogP contribution is -2.48. The summed E-state index contributed by atoms with van der Waals surface area (Å²) in [5.74, 6) is -1.39. The fraction of sp³-hybridized carbons (Fsp3) is 0.286. The number of urea groups is 1. The highest BCUT2D eigenvalue weighted by atomic mass is 16.5. The van der Waals surface area contributed by atoms with Crippen LogP contribution in [0.5, 0.6) is 0 Å². The second-order valence-corrected chi connectivity index (χ2v) is 6.66. The number of nitrogens with two attached hydrogens (primary N) is 1. The van der Waals surface area contributed by atoms with Crippen molar-refractivity contribution in [3.63, 3.8) is 0 Å². The second-order valence-electron chi connectivity index (χ2n) is 6.66. The summed E-state index contributed by atoms with van der Waals surface area (Å²) in [6.07, 6.45) is 0. The molecule has 0 aliphatic heterocycles. The van der Waals surface area contributed by atoms with Crippen LogP contribution in [0.25, 0.3) is 0 Å². The second kappa shape index (κ2) is 10.1. The number of esters is 1. The molecule has 0 heterocycles. The van der Waals surface area contributed by atoms with Crippen molar-refractivity contribution in [2.75, 3.05) is 6.61 Å². The highest BCUT2D eigenvalue weighted by Crippen LogP contribution is 2.21. The molecule has 0 spiro atoms. The van der Waals surface area contributed by atoms with Gasteiger partial charge in [-0.3, -0.25) is 4.79 Å². The molecule has 0 aromatic heterocycles. The largest absolute Gasteiger partial charge is 0.454 e. The Labute approximate surface area is 164 Å². The molecule has 4 N–H and O–H groups in total. The van der Waals surface area contributed by atoms with Crippen LogP contribution in [0.2, 0.25) is 0 Å². The number of carbonyl (C=O) groups is 3. The van der Waals surface area contributed by atoms with Gasteiger partial charge < -0.3 is 21.1 Å². The first-order chi connectivity index (χ1) is 13.4. The van der Waals surface area contributed by atoms with Gasteiger partial charge in [0, 0.05) is 0 Å². The Morgan fingerprint density at radius 3 is 1.82 bits per heavy atom. The number of primary amides is 1. The monoisotopic (exact) mass is 383 g/mol. The van der Waals surface area contributed by atoms with E-state index >= 15 is 0 Å². The predicted octanol–water partition coefficient (Wildman–Crippen LogP) is 2.13. The fourth-order valence-corrected chi connectivity index (χ4v) is 2.73. The Morgan fingerprint density at radius 1 is 0.893 bits per heavy atom. The van der Waals surface area contributed by atoms with E-state index in [0.717, 1.165) is 11.1 Å².